The monoisotopic (exact) mass is 453 g/mol. The topological polar surface area (TPSA) is 154 Å². The molecule has 0 aromatic carbocycles. The number of nitrogens with one attached hydrogen (secondary N) is 1. The second-order valence-electron chi connectivity index (χ2n) is 5.83. The summed E-state index contributed by atoms with van der Waals surface area (Å²) >= 11 is 3.82. The SMILES string of the molecule is Cn1nnnc1SCC1=C(C(=O)O)N2C(=O)C(NC(=O)CS/C=C/C#N)C2SC1. The zero-order chi connectivity index (χ0) is 21.0. The van der Waals surface area contributed by atoms with E-state index in [-0.39, 0.29) is 17.4 Å². The van der Waals surface area contributed by atoms with Gasteiger partial charge in [0.2, 0.25) is 11.1 Å². The van der Waals surface area contributed by atoms with E-state index in [1.165, 1.54) is 44.6 Å². The Morgan fingerprint density at radius 3 is 2.97 bits per heavy atom. The number of β-lactam (4-membered cyclic amide) rings is 1. The van der Waals surface area contributed by atoms with E-state index in [0.29, 0.717) is 22.2 Å². The average Bonchev–Trinajstić information content (AvgIpc) is 3.11. The van der Waals surface area contributed by atoms with E-state index in [1.807, 2.05) is 6.07 Å². The Morgan fingerprint density at radius 2 is 2.31 bits per heavy atom. The van der Waals surface area contributed by atoms with Crippen molar-refractivity contribution in [1.29, 1.82) is 5.26 Å². The molecule has 1 aromatic heterocycles. The lowest BCUT2D eigenvalue weighted by Crippen LogP contribution is -2.70. The smallest absolute Gasteiger partial charge is 0.352 e. The summed E-state index contributed by atoms with van der Waals surface area (Å²) in [6.07, 6.45) is 1.26. The van der Waals surface area contributed by atoms with Crippen molar-refractivity contribution in [3.63, 3.8) is 0 Å². The van der Waals surface area contributed by atoms with Gasteiger partial charge in [-0.2, -0.15) is 5.26 Å². The van der Waals surface area contributed by atoms with Crippen molar-refractivity contribution < 1.29 is 19.5 Å². The number of thioether (sulfide) groups is 3. The van der Waals surface area contributed by atoms with Gasteiger partial charge in [0.05, 0.1) is 11.8 Å². The molecular formula is C15H15N7O4S3. The maximum atomic E-state index is 12.5. The van der Waals surface area contributed by atoms with Gasteiger partial charge < -0.3 is 10.4 Å². The normalized spacial score (nSPS) is 21.0. The molecule has 2 unspecified atom stereocenters. The Balaban J connectivity index is 1.65. The largest absolute Gasteiger partial charge is 0.477 e. The fraction of sp³-hybridized carbons (Fsp3) is 0.400. The third-order valence-corrected chi connectivity index (χ3v) is 7.17. The van der Waals surface area contributed by atoms with Gasteiger partial charge in [-0.25, -0.2) is 9.48 Å². The van der Waals surface area contributed by atoms with Crippen LogP contribution in [0.3, 0.4) is 0 Å². The van der Waals surface area contributed by atoms with Crippen molar-refractivity contribution >= 4 is 53.1 Å². The molecule has 2 N–H and O–H groups in total. The Bertz CT molecular complexity index is 939. The van der Waals surface area contributed by atoms with Crippen LogP contribution < -0.4 is 5.32 Å². The zero-order valence-corrected chi connectivity index (χ0v) is 17.5. The molecule has 152 valence electrons. The average molecular weight is 454 g/mol. The number of hydrogen-bond donors (Lipinski definition) is 2. The third kappa shape index (κ3) is 4.57. The summed E-state index contributed by atoms with van der Waals surface area (Å²) in [4.78, 5) is 37.6. The lowest BCUT2D eigenvalue weighted by atomic mass is 10.0. The van der Waals surface area contributed by atoms with Crippen molar-refractivity contribution in [2.75, 3.05) is 17.3 Å². The van der Waals surface area contributed by atoms with Crippen LogP contribution in [0.4, 0.5) is 0 Å². The predicted molar refractivity (Wildman–Crippen MR) is 106 cm³/mol. The van der Waals surface area contributed by atoms with Crippen molar-refractivity contribution in [2.45, 2.75) is 16.6 Å². The minimum Gasteiger partial charge on any atom is -0.477 e. The number of carboxylic acids is 1. The van der Waals surface area contributed by atoms with Crippen LogP contribution in [0.25, 0.3) is 0 Å². The number of carboxylic acid groups (broad SMARTS) is 1. The molecule has 0 spiro atoms. The maximum Gasteiger partial charge on any atom is 0.352 e. The van der Waals surface area contributed by atoms with E-state index in [4.69, 9.17) is 5.26 Å². The Morgan fingerprint density at radius 1 is 1.52 bits per heavy atom. The molecule has 3 rings (SSSR count). The van der Waals surface area contributed by atoms with Gasteiger partial charge in [0.15, 0.2) is 0 Å². The molecule has 11 nitrogen and oxygen atoms in total. The van der Waals surface area contributed by atoms with Crippen molar-refractivity contribution in [3.05, 3.63) is 22.8 Å². The van der Waals surface area contributed by atoms with Crippen LogP contribution in [0.15, 0.2) is 27.9 Å². The lowest BCUT2D eigenvalue weighted by molar-refractivity contribution is -0.150. The van der Waals surface area contributed by atoms with Crippen LogP contribution in [-0.4, -0.2) is 76.7 Å². The van der Waals surface area contributed by atoms with Gasteiger partial charge in [0.25, 0.3) is 5.91 Å². The molecule has 0 bridgehead atoms. The first-order chi connectivity index (χ1) is 13.9. The second kappa shape index (κ2) is 9.33. The van der Waals surface area contributed by atoms with Gasteiger partial charge in [0.1, 0.15) is 17.1 Å². The number of carbonyl (C=O) groups excluding carboxylic acids is 2. The summed E-state index contributed by atoms with van der Waals surface area (Å²) in [5, 5.41) is 33.4. The summed E-state index contributed by atoms with van der Waals surface area (Å²) in [6.45, 7) is 0. The number of hydrogen-bond acceptors (Lipinski definition) is 10. The molecular weight excluding hydrogens is 438 g/mol. The van der Waals surface area contributed by atoms with Gasteiger partial charge >= 0.3 is 5.97 Å². The van der Waals surface area contributed by atoms with Crippen LogP contribution in [0.5, 0.6) is 0 Å². The van der Waals surface area contributed by atoms with E-state index in [9.17, 15) is 19.5 Å². The van der Waals surface area contributed by atoms with E-state index in [2.05, 4.69) is 20.8 Å². The number of tetrazole rings is 1. The highest BCUT2D eigenvalue weighted by Gasteiger charge is 2.54. The molecule has 1 saturated heterocycles. The molecule has 1 fully saturated rings. The number of rotatable bonds is 8. The molecule has 3 heterocycles. The summed E-state index contributed by atoms with van der Waals surface area (Å²) in [5.74, 6) is -1.17. The van der Waals surface area contributed by atoms with E-state index < -0.39 is 23.3 Å². The van der Waals surface area contributed by atoms with Crippen LogP contribution in [0.1, 0.15) is 0 Å². The van der Waals surface area contributed by atoms with E-state index >= 15 is 0 Å². The number of aromatic nitrogens is 4. The van der Waals surface area contributed by atoms with Crippen LogP contribution in [0, 0.1) is 11.3 Å². The number of aliphatic carboxylic acids is 1. The van der Waals surface area contributed by atoms with Gasteiger partial charge in [-0.15, -0.1) is 28.6 Å². The number of amides is 2. The molecule has 2 aliphatic heterocycles. The van der Waals surface area contributed by atoms with Crippen LogP contribution in [0.2, 0.25) is 0 Å². The molecule has 1 aromatic rings. The highest BCUT2D eigenvalue weighted by Crippen LogP contribution is 2.41. The van der Waals surface area contributed by atoms with E-state index in [1.54, 1.807) is 7.05 Å². The molecule has 2 aliphatic rings. The summed E-state index contributed by atoms with van der Waals surface area (Å²) in [5.41, 5.74) is 0.556. The lowest BCUT2D eigenvalue weighted by Gasteiger charge is -2.49. The van der Waals surface area contributed by atoms with Crippen molar-refractivity contribution in [3.8, 4) is 6.07 Å². The van der Waals surface area contributed by atoms with Gasteiger partial charge in [-0.05, 0) is 21.4 Å². The Labute approximate surface area is 177 Å². The molecule has 0 aliphatic carbocycles. The summed E-state index contributed by atoms with van der Waals surface area (Å²) in [6, 6.07) is 1.05. The van der Waals surface area contributed by atoms with Gasteiger partial charge in [-0.3, -0.25) is 14.5 Å². The van der Waals surface area contributed by atoms with Gasteiger partial charge in [-0.1, -0.05) is 11.8 Å². The predicted octanol–water partition coefficient (Wildman–Crippen LogP) is -0.189. The Hall–Kier alpha value is -2.50. The third-order valence-electron chi connectivity index (χ3n) is 3.98. The highest BCUT2D eigenvalue weighted by molar-refractivity contribution is 8.02. The molecule has 0 saturated carbocycles. The molecule has 2 amide bonds. The fourth-order valence-corrected chi connectivity index (χ4v) is 5.53. The molecule has 14 heteroatoms. The quantitative estimate of drug-likeness (QED) is 0.306. The zero-order valence-electron chi connectivity index (χ0n) is 15.0. The molecule has 2 atom stereocenters. The van der Waals surface area contributed by atoms with Crippen LogP contribution in [-0.2, 0) is 21.4 Å². The van der Waals surface area contributed by atoms with Gasteiger partial charge in [0, 0.05) is 24.6 Å². The fourth-order valence-electron chi connectivity index (χ4n) is 2.71. The first-order valence-corrected chi connectivity index (χ1v) is 11.2. The molecule has 29 heavy (non-hydrogen) atoms. The summed E-state index contributed by atoms with van der Waals surface area (Å²) < 4.78 is 1.48. The molecule has 0 radical (unpaired) electrons. The van der Waals surface area contributed by atoms with E-state index in [0.717, 1.165) is 11.8 Å². The minimum atomic E-state index is -1.18. The maximum absolute atomic E-state index is 12.5. The standard InChI is InChI=1S/C15H15N7O4S3/c1-21-15(18-19-20-21)29-6-8-5-28-13-10(12(24)22(13)11(8)14(25)26)17-9(23)7-27-4-2-3-16/h2,4,10,13H,5-7H2,1H3,(H,17,23)(H,25,26)/b4-2+. The van der Waals surface area contributed by atoms with Crippen molar-refractivity contribution in [1.82, 2.24) is 30.4 Å². The highest BCUT2D eigenvalue weighted by atomic mass is 32.2. The number of allylic oxidation sites excluding steroid dienone is 1. The number of aryl methyl sites for hydroxylation is 1. The van der Waals surface area contributed by atoms with Crippen molar-refractivity contribution in [2.24, 2.45) is 7.05 Å². The second-order valence-corrected chi connectivity index (χ2v) is 8.77. The Kier molecular flexibility index (Phi) is 6.83. The number of carbonyl (C=O) groups is 3. The first-order valence-electron chi connectivity index (χ1n) is 8.14. The first kappa shape index (κ1) is 21.2. The number of fused-ring (bicyclic) bond motifs is 1. The summed E-state index contributed by atoms with van der Waals surface area (Å²) in [7, 11) is 1.68. The number of nitriles is 1. The number of nitrogens with zero attached hydrogens (tertiary/aromatic N) is 6. The van der Waals surface area contributed by atoms with Crippen LogP contribution >= 0.6 is 35.3 Å². The minimum absolute atomic E-state index is 0.0433.